The molecular weight excluding hydrogens is 248 g/mol. The molecule has 19 heavy (non-hydrogen) atoms. The number of rotatable bonds is 1. The highest BCUT2D eigenvalue weighted by molar-refractivity contribution is 5.92. The van der Waals surface area contributed by atoms with Crippen LogP contribution in [-0.2, 0) is 9.47 Å². The first-order chi connectivity index (χ1) is 9.00. The monoisotopic (exact) mass is 266 g/mol. The first kappa shape index (κ1) is 12.6. The first-order valence-corrected chi connectivity index (χ1v) is 6.43. The molecule has 1 unspecified atom stereocenters. The van der Waals surface area contributed by atoms with E-state index in [9.17, 15) is 4.79 Å². The van der Waals surface area contributed by atoms with Crippen LogP contribution in [0.25, 0.3) is 0 Å². The lowest BCUT2D eigenvalue weighted by Crippen LogP contribution is -2.61. The standard InChI is InChI=1S/C12H18N4O3/c1-11(2)6-16(10(17)9-5-13-15-14-9)7-12(19-11)3-4-18-8-12/h5H,3-4,6-8H2,1-2H3,(H,13,14,15). The van der Waals surface area contributed by atoms with Crippen LogP contribution >= 0.6 is 0 Å². The minimum absolute atomic E-state index is 0.114. The van der Waals surface area contributed by atoms with Crippen molar-refractivity contribution in [2.75, 3.05) is 26.3 Å². The highest BCUT2D eigenvalue weighted by Crippen LogP contribution is 2.34. The van der Waals surface area contributed by atoms with Crippen molar-refractivity contribution in [3.8, 4) is 0 Å². The molecule has 1 atom stereocenters. The second-order valence-corrected chi connectivity index (χ2v) is 5.86. The van der Waals surface area contributed by atoms with Crippen LogP contribution < -0.4 is 0 Å². The molecule has 3 rings (SSSR count). The maximum Gasteiger partial charge on any atom is 0.276 e. The van der Waals surface area contributed by atoms with Crippen molar-refractivity contribution in [3.63, 3.8) is 0 Å². The Morgan fingerprint density at radius 1 is 1.47 bits per heavy atom. The molecule has 7 nitrogen and oxygen atoms in total. The molecule has 1 amide bonds. The second-order valence-electron chi connectivity index (χ2n) is 5.86. The van der Waals surface area contributed by atoms with Crippen molar-refractivity contribution in [3.05, 3.63) is 11.9 Å². The third kappa shape index (κ3) is 2.35. The van der Waals surface area contributed by atoms with Crippen molar-refractivity contribution < 1.29 is 14.3 Å². The van der Waals surface area contributed by atoms with Gasteiger partial charge in [-0.15, -0.1) is 0 Å². The predicted octanol–water partition coefficient (Wildman–Crippen LogP) is 0.215. The number of H-pyrrole nitrogens is 1. The summed E-state index contributed by atoms with van der Waals surface area (Å²) in [5, 5.41) is 10.0. The zero-order chi connectivity index (χ0) is 13.5. The van der Waals surface area contributed by atoms with Gasteiger partial charge in [0.1, 0.15) is 5.60 Å². The van der Waals surface area contributed by atoms with Crippen LogP contribution in [0.3, 0.4) is 0 Å². The van der Waals surface area contributed by atoms with Crippen molar-refractivity contribution >= 4 is 5.91 Å². The molecule has 7 heteroatoms. The van der Waals surface area contributed by atoms with Crippen LogP contribution in [0.4, 0.5) is 0 Å². The van der Waals surface area contributed by atoms with E-state index in [4.69, 9.17) is 9.47 Å². The Kier molecular flexibility index (Phi) is 2.83. The van der Waals surface area contributed by atoms with Gasteiger partial charge in [0.2, 0.25) is 0 Å². The van der Waals surface area contributed by atoms with Gasteiger partial charge in [-0.25, -0.2) is 0 Å². The summed E-state index contributed by atoms with van der Waals surface area (Å²) in [6.07, 6.45) is 2.27. The van der Waals surface area contributed by atoms with Crippen LogP contribution in [0, 0.1) is 0 Å². The van der Waals surface area contributed by atoms with Gasteiger partial charge in [0, 0.05) is 19.6 Å². The highest BCUT2D eigenvalue weighted by Gasteiger charge is 2.48. The van der Waals surface area contributed by atoms with Gasteiger partial charge in [-0.3, -0.25) is 4.79 Å². The van der Waals surface area contributed by atoms with Crippen LogP contribution in [0.2, 0.25) is 0 Å². The fraction of sp³-hybridized carbons (Fsp3) is 0.750. The molecule has 0 aromatic carbocycles. The van der Waals surface area contributed by atoms with Crippen LogP contribution in [-0.4, -0.2) is 63.7 Å². The molecule has 0 bridgehead atoms. The second kappa shape index (κ2) is 4.28. The summed E-state index contributed by atoms with van der Waals surface area (Å²) in [7, 11) is 0. The summed E-state index contributed by atoms with van der Waals surface area (Å²) in [6.45, 7) is 6.30. The number of nitrogens with zero attached hydrogens (tertiary/aromatic N) is 3. The quantitative estimate of drug-likeness (QED) is 0.786. The van der Waals surface area contributed by atoms with Gasteiger partial charge in [-0.05, 0) is 13.8 Å². The molecule has 1 aromatic heterocycles. The van der Waals surface area contributed by atoms with E-state index in [1.165, 1.54) is 6.20 Å². The summed E-state index contributed by atoms with van der Waals surface area (Å²) in [5.74, 6) is -0.114. The Morgan fingerprint density at radius 2 is 2.32 bits per heavy atom. The van der Waals surface area contributed by atoms with Crippen molar-refractivity contribution in [2.24, 2.45) is 0 Å². The Hall–Kier alpha value is -1.47. The van der Waals surface area contributed by atoms with Gasteiger partial charge in [0.15, 0.2) is 5.69 Å². The summed E-state index contributed by atoms with van der Waals surface area (Å²) < 4.78 is 11.6. The average molecular weight is 266 g/mol. The van der Waals surface area contributed by atoms with Gasteiger partial charge in [-0.1, -0.05) is 0 Å². The normalized spacial score (nSPS) is 29.9. The van der Waals surface area contributed by atoms with E-state index in [1.54, 1.807) is 4.90 Å². The fourth-order valence-electron chi connectivity index (χ4n) is 2.92. The number of nitrogens with one attached hydrogen (secondary N) is 1. The summed E-state index contributed by atoms with van der Waals surface area (Å²) in [4.78, 5) is 14.2. The van der Waals surface area contributed by atoms with Crippen molar-refractivity contribution in [2.45, 2.75) is 31.5 Å². The van der Waals surface area contributed by atoms with E-state index in [1.807, 2.05) is 13.8 Å². The number of carbonyl (C=O) groups is 1. The van der Waals surface area contributed by atoms with Gasteiger partial charge < -0.3 is 14.4 Å². The zero-order valence-corrected chi connectivity index (χ0v) is 11.2. The zero-order valence-electron chi connectivity index (χ0n) is 11.2. The number of ether oxygens (including phenoxy) is 2. The van der Waals surface area contributed by atoms with Crippen molar-refractivity contribution in [1.82, 2.24) is 20.3 Å². The molecule has 0 aliphatic carbocycles. The third-order valence-corrected chi connectivity index (χ3v) is 3.53. The molecule has 2 aliphatic heterocycles. The molecule has 2 saturated heterocycles. The summed E-state index contributed by atoms with van der Waals surface area (Å²) >= 11 is 0. The number of hydrogen-bond donors (Lipinski definition) is 1. The van der Waals surface area contributed by atoms with E-state index in [-0.39, 0.29) is 17.1 Å². The molecule has 3 heterocycles. The third-order valence-electron chi connectivity index (χ3n) is 3.53. The summed E-state index contributed by atoms with van der Waals surface area (Å²) in [6, 6.07) is 0. The minimum atomic E-state index is -0.384. The molecule has 1 aromatic rings. The number of amides is 1. The van der Waals surface area contributed by atoms with E-state index in [0.717, 1.165) is 6.42 Å². The van der Waals surface area contributed by atoms with Crippen LogP contribution in [0.15, 0.2) is 6.20 Å². The fourth-order valence-corrected chi connectivity index (χ4v) is 2.92. The summed E-state index contributed by atoms with van der Waals surface area (Å²) in [5.41, 5.74) is -0.418. The minimum Gasteiger partial charge on any atom is -0.378 e. The van der Waals surface area contributed by atoms with E-state index < -0.39 is 0 Å². The Morgan fingerprint density at radius 3 is 2.95 bits per heavy atom. The molecule has 0 radical (unpaired) electrons. The van der Waals surface area contributed by atoms with Gasteiger partial charge >= 0.3 is 0 Å². The van der Waals surface area contributed by atoms with Crippen LogP contribution in [0.1, 0.15) is 30.8 Å². The van der Waals surface area contributed by atoms with E-state index >= 15 is 0 Å². The highest BCUT2D eigenvalue weighted by atomic mass is 16.6. The van der Waals surface area contributed by atoms with Gasteiger partial charge in [0.25, 0.3) is 5.91 Å². The topological polar surface area (TPSA) is 80.3 Å². The van der Waals surface area contributed by atoms with Gasteiger partial charge in [0.05, 0.1) is 24.9 Å². The average Bonchev–Trinajstić information content (AvgIpc) is 2.97. The lowest BCUT2D eigenvalue weighted by Gasteiger charge is -2.47. The molecular formula is C12H18N4O3. The molecule has 1 N–H and O–H groups in total. The number of morpholine rings is 1. The smallest absolute Gasteiger partial charge is 0.276 e. The van der Waals surface area contributed by atoms with E-state index in [2.05, 4.69) is 15.4 Å². The molecule has 2 aliphatic rings. The molecule has 2 fully saturated rings. The molecule has 1 spiro atoms. The molecule has 0 saturated carbocycles. The lowest BCUT2D eigenvalue weighted by atomic mass is 9.94. The molecule has 104 valence electrons. The first-order valence-electron chi connectivity index (χ1n) is 6.43. The maximum absolute atomic E-state index is 12.4. The number of carbonyl (C=O) groups excluding carboxylic acids is 1. The maximum atomic E-state index is 12.4. The van der Waals surface area contributed by atoms with Gasteiger partial charge in [-0.2, -0.15) is 15.4 Å². The van der Waals surface area contributed by atoms with Crippen molar-refractivity contribution in [1.29, 1.82) is 0 Å². The SMILES string of the molecule is CC1(C)CN(C(=O)c2cn[nH]n2)CC2(CCOC2)O1. The lowest BCUT2D eigenvalue weighted by molar-refractivity contribution is -0.186. The Bertz CT molecular complexity index is 465. The number of aromatic nitrogens is 3. The predicted molar refractivity (Wildman–Crippen MR) is 65.6 cm³/mol. The Balaban J connectivity index is 1.83. The van der Waals surface area contributed by atoms with Crippen LogP contribution in [0.5, 0.6) is 0 Å². The Labute approximate surface area is 111 Å². The number of aromatic amines is 1. The number of hydrogen-bond acceptors (Lipinski definition) is 5. The largest absolute Gasteiger partial charge is 0.378 e. The van der Waals surface area contributed by atoms with E-state index in [0.29, 0.717) is 32.0 Å².